The largest absolute Gasteiger partial charge is 0.493 e. The standard InChI is InChI=1S/C19H20ClNO/c1-13-4-5-14(2)18(10-13)16(12-21)8-9-22-19-7-6-17(20)11-15(19)3/h4-7,10-11,16H,8-9H2,1-3H3. The molecule has 2 aromatic carbocycles. The van der Waals surface area contributed by atoms with Gasteiger partial charge in [-0.25, -0.2) is 0 Å². The zero-order valence-corrected chi connectivity index (χ0v) is 13.9. The van der Waals surface area contributed by atoms with E-state index in [0.717, 1.165) is 22.4 Å². The lowest BCUT2D eigenvalue weighted by Crippen LogP contribution is -2.06. The molecule has 0 radical (unpaired) electrons. The van der Waals surface area contributed by atoms with E-state index >= 15 is 0 Å². The molecule has 1 atom stereocenters. The van der Waals surface area contributed by atoms with E-state index in [9.17, 15) is 5.26 Å². The molecule has 0 bridgehead atoms. The summed E-state index contributed by atoms with van der Waals surface area (Å²) in [4.78, 5) is 0. The van der Waals surface area contributed by atoms with E-state index in [-0.39, 0.29) is 5.92 Å². The number of halogens is 1. The summed E-state index contributed by atoms with van der Waals surface area (Å²) in [7, 11) is 0. The Morgan fingerprint density at radius 3 is 2.55 bits per heavy atom. The molecule has 0 spiro atoms. The van der Waals surface area contributed by atoms with Crippen molar-refractivity contribution < 1.29 is 4.74 Å². The van der Waals surface area contributed by atoms with Gasteiger partial charge in [0.15, 0.2) is 0 Å². The van der Waals surface area contributed by atoms with Crippen LogP contribution < -0.4 is 4.74 Å². The number of nitriles is 1. The Labute approximate surface area is 137 Å². The second-order valence-corrected chi connectivity index (χ2v) is 6.03. The molecular formula is C19H20ClNO. The highest BCUT2D eigenvalue weighted by molar-refractivity contribution is 6.30. The van der Waals surface area contributed by atoms with Gasteiger partial charge in [0.1, 0.15) is 5.75 Å². The van der Waals surface area contributed by atoms with Crippen LogP contribution in [0.2, 0.25) is 5.02 Å². The van der Waals surface area contributed by atoms with E-state index in [0.29, 0.717) is 18.1 Å². The van der Waals surface area contributed by atoms with E-state index in [4.69, 9.17) is 16.3 Å². The molecule has 0 amide bonds. The van der Waals surface area contributed by atoms with Crippen LogP contribution in [0.3, 0.4) is 0 Å². The summed E-state index contributed by atoms with van der Waals surface area (Å²) in [5.41, 5.74) is 4.43. The van der Waals surface area contributed by atoms with Gasteiger partial charge in [0.2, 0.25) is 0 Å². The quantitative estimate of drug-likeness (QED) is 0.746. The van der Waals surface area contributed by atoms with E-state index in [2.05, 4.69) is 24.3 Å². The third-order valence-electron chi connectivity index (χ3n) is 3.77. The molecule has 2 aromatic rings. The molecular weight excluding hydrogens is 294 g/mol. The Bertz CT molecular complexity index is 703. The zero-order chi connectivity index (χ0) is 16.1. The molecule has 0 aromatic heterocycles. The number of nitrogens with zero attached hydrogens (tertiary/aromatic N) is 1. The molecule has 0 N–H and O–H groups in total. The Hall–Kier alpha value is -1.98. The fourth-order valence-electron chi connectivity index (χ4n) is 2.49. The van der Waals surface area contributed by atoms with Crippen LogP contribution in [-0.2, 0) is 0 Å². The van der Waals surface area contributed by atoms with Crippen LogP contribution in [0.25, 0.3) is 0 Å². The van der Waals surface area contributed by atoms with Crippen LogP contribution in [0.1, 0.15) is 34.6 Å². The average Bonchev–Trinajstić information content (AvgIpc) is 2.48. The molecule has 3 heteroatoms. The van der Waals surface area contributed by atoms with Crippen LogP contribution in [0, 0.1) is 32.1 Å². The van der Waals surface area contributed by atoms with Gasteiger partial charge in [0.25, 0.3) is 0 Å². The molecule has 0 saturated carbocycles. The van der Waals surface area contributed by atoms with Crippen molar-refractivity contribution in [1.82, 2.24) is 0 Å². The zero-order valence-electron chi connectivity index (χ0n) is 13.2. The van der Waals surface area contributed by atoms with Crippen LogP contribution in [-0.4, -0.2) is 6.61 Å². The maximum Gasteiger partial charge on any atom is 0.122 e. The number of hydrogen-bond acceptors (Lipinski definition) is 2. The van der Waals surface area contributed by atoms with Crippen molar-refractivity contribution in [2.45, 2.75) is 33.1 Å². The Morgan fingerprint density at radius 1 is 1.09 bits per heavy atom. The topological polar surface area (TPSA) is 33.0 Å². The van der Waals surface area contributed by atoms with Gasteiger partial charge in [0, 0.05) is 11.4 Å². The first-order chi connectivity index (χ1) is 10.5. The minimum atomic E-state index is -0.146. The summed E-state index contributed by atoms with van der Waals surface area (Å²) >= 11 is 5.94. The van der Waals surface area contributed by atoms with Crippen LogP contribution >= 0.6 is 11.6 Å². The first-order valence-corrected chi connectivity index (χ1v) is 7.75. The molecule has 114 valence electrons. The van der Waals surface area contributed by atoms with Gasteiger partial charge in [-0.1, -0.05) is 35.4 Å². The molecule has 0 aliphatic rings. The minimum absolute atomic E-state index is 0.146. The summed E-state index contributed by atoms with van der Waals surface area (Å²) < 4.78 is 5.81. The predicted molar refractivity (Wildman–Crippen MR) is 90.6 cm³/mol. The first-order valence-electron chi connectivity index (χ1n) is 7.37. The second-order valence-electron chi connectivity index (χ2n) is 5.59. The van der Waals surface area contributed by atoms with Crippen molar-refractivity contribution in [1.29, 1.82) is 5.26 Å². The summed E-state index contributed by atoms with van der Waals surface area (Å²) in [5.74, 6) is 0.676. The fourth-order valence-corrected chi connectivity index (χ4v) is 2.71. The maximum absolute atomic E-state index is 9.46. The van der Waals surface area contributed by atoms with E-state index in [1.165, 1.54) is 5.56 Å². The van der Waals surface area contributed by atoms with Crippen molar-refractivity contribution in [2.75, 3.05) is 6.61 Å². The normalized spacial score (nSPS) is 11.8. The van der Waals surface area contributed by atoms with E-state index < -0.39 is 0 Å². The van der Waals surface area contributed by atoms with Crippen molar-refractivity contribution in [3.05, 3.63) is 63.7 Å². The Balaban J connectivity index is 2.03. The minimum Gasteiger partial charge on any atom is -0.493 e. The molecule has 0 saturated heterocycles. The molecule has 22 heavy (non-hydrogen) atoms. The lowest BCUT2D eigenvalue weighted by molar-refractivity contribution is 0.304. The second kappa shape index (κ2) is 7.33. The molecule has 2 rings (SSSR count). The van der Waals surface area contributed by atoms with Crippen molar-refractivity contribution in [3.8, 4) is 11.8 Å². The fraction of sp³-hybridized carbons (Fsp3) is 0.316. The highest BCUT2D eigenvalue weighted by Crippen LogP contribution is 2.26. The Kier molecular flexibility index (Phi) is 5.46. The maximum atomic E-state index is 9.46. The summed E-state index contributed by atoms with van der Waals surface area (Å²) in [6.07, 6.45) is 0.670. The van der Waals surface area contributed by atoms with Gasteiger partial charge in [-0.05, 0) is 55.7 Å². The van der Waals surface area contributed by atoms with Crippen molar-refractivity contribution >= 4 is 11.6 Å². The number of benzene rings is 2. The van der Waals surface area contributed by atoms with Gasteiger partial charge >= 0.3 is 0 Å². The predicted octanol–water partition coefficient (Wildman–Crippen LogP) is 5.34. The smallest absolute Gasteiger partial charge is 0.122 e. The summed E-state index contributed by atoms with van der Waals surface area (Å²) in [5, 5.41) is 10.2. The molecule has 0 heterocycles. The number of ether oxygens (including phenoxy) is 1. The van der Waals surface area contributed by atoms with Crippen LogP contribution in [0.4, 0.5) is 0 Å². The van der Waals surface area contributed by atoms with Crippen molar-refractivity contribution in [3.63, 3.8) is 0 Å². The summed E-state index contributed by atoms with van der Waals surface area (Å²) in [6, 6.07) is 14.2. The molecule has 0 fully saturated rings. The van der Waals surface area contributed by atoms with E-state index in [1.807, 2.05) is 39.0 Å². The van der Waals surface area contributed by atoms with Crippen LogP contribution in [0.15, 0.2) is 36.4 Å². The first kappa shape index (κ1) is 16.4. The lowest BCUT2D eigenvalue weighted by Gasteiger charge is -2.15. The Morgan fingerprint density at radius 2 is 1.86 bits per heavy atom. The number of rotatable bonds is 5. The van der Waals surface area contributed by atoms with Crippen molar-refractivity contribution in [2.24, 2.45) is 0 Å². The highest BCUT2D eigenvalue weighted by atomic mass is 35.5. The third kappa shape index (κ3) is 4.02. The molecule has 0 aliphatic heterocycles. The molecule has 1 unspecified atom stereocenters. The lowest BCUT2D eigenvalue weighted by atomic mass is 9.92. The van der Waals surface area contributed by atoms with Crippen LogP contribution in [0.5, 0.6) is 5.75 Å². The molecule has 0 aliphatic carbocycles. The van der Waals surface area contributed by atoms with E-state index in [1.54, 1.807) is 0 Å². The third-order valence-corrected chi connectivity index (χ3v) is 4.00. The number of hydrogen-bond donors (Lipinski definition) is 0. The highest BCUT2D eigenvalue weighted by Gasteiger charge is 2.14. The van der Waals surface area contributed by atoms with Gasteiger partial charge < -0.3 is 4.74 Å². The molecule has 2 nitrogen and oxygen atoms in total. The van der Waals surface area contributed by atoms with Gasteiger partial charge in [-0.15, -0.1) is 0 Å². The van der Waals surface area contributed by atoms with Gasteiger partial charge in [-0.2, -0.15) is 5.26 Å². The number of aryl methyl sites for hydroxylation is 3. The summed E-state index contributed by atoms with van der Waals surface area (Å²) in [6.45, 7) is 6.57. The van der Waals surface area contributed by atoms with Gasteiger partial charge in [0.05, 0.1) is 18.6 Å². The average molecular weight is 314 g/mol. The van der Waals surface area contributed by atoms with Gasteiger partial charge in [-0.3, -0.25) is 0 Å². The SMILES string of the molecule is Cc1ccc(C)c(C(C#N)CCOc2ccc(Cl)cc2C)c1. The monoisotopic (exact) mass is 313 g/mol.